The van der Waals surface area contributed by atoms with E-state index in [9.17, 15) is 22.8 Å². The van der Waals surface area contributed by atoms with Crippen LogP contribution in [0.1, 0.15) is 62.4 Å². The molecule has 0 unspecified atom stereocenters. The molecule has 0 bridgehead atoms. The Morgan fingerprint density at radius 1 is 1.14 bits per heavy atom. The molecule has 3 heterocycles. The van der Waals surface area contributed by atoms with Gasteiger partial charge in [0, 0.05) is 18.3 Å². The van der Waals surface area contributed by atoms with Gasteiger partial charge >= 0.3 is 0 Å². The highest BCUT2D eigenvalue weighted by atomic mass is 32.2. The van der Waals surface area contributed by atoms with Crippen LogP contribution in [0.2, 0.25) is 0 Å². The van der Waals surface area contributed by atoms with Crippen LogP contribution in [0.25, 0.3) is 0 Å². The van der Waals surface area contributed by atoms with Crippen molar-refractivity contribution in [3.63, 3.8) is 0 Å². The van der Waals surface area contributed by atoms with Gasteiger partial charge in [-0.25, -0.2) is 13.4 Å². The Hall–Kier alpha value is -3.12. The predicted molar refractivity (Wildman–Crippen MR) is 128 cm³/mol. The van der Waals surface area contributed by atoms with E-state index >= 15 is 0 Å². The third-order valence-corrected chi connectivity index (χ3v) is 8.80. The molecule has 11 nitrogen and oxygen atoms in total. The summed E-state index contributed by atoms with van der Waals surface area (Å²) in [6, 6.07) is 3.82. The maximum atomic E-state index is 13.3. The van der Waals surface area contributed by atoms with E-state index in [1.54, 1.807) is 19.1 Å². The van der Waals surface area contributed by atoms with E-state index in [1.165, 1.54) is 24.5 Å². The van der Waals surface area contributed by atoms with Crippen LogP contribution in [0.3, 0.4) is 0 Å². The number of sulfonamides is 1. The fourth-order valence-electron chi connectivity index (χ4n) is 4.87. The largest absolute Gasteiger partial charge is 0.351 e. The maximum absolute atomic E-state index is 13.3. The molecule has 0 aromatic carbocycles. The minimum absolute atomic E-state index is 0.00559. The molecule has 2 aromatic rings. The number of aromatic nitrogens is 2. The number of nitrogens with one attached hydrogen (secondary N) is 2. The predicted octanol–water partition coefficient (Wildman–Crippen LogP) is 1.68. The van der Waals surface area contributed by atoms with Crippen molar-refractivity contribution in [2.24, 2.45) is 5.92 Å². The second kappa shape index (κ2) is 11.3. The van der Waals surface area contributed by atoms with Crippen molar-refractivity contribution in [3.05, 3.63) is 42.4 Å². The normalized spacial score (nSPS) is 22.6. The van der Waals surface area contributed by atoms with Crippen LogP contribution in [-0.2, 0) is 19.6 Å². The van der Waals surface area contributed by atoms with Gasteiger partial charge in [0.05, 0.1) is 18.8 Å². The van der Waals surface area contributed by atoms with Gasteiger partial charge in [0.1, 0.15) is 6.04 Å². The number of ketones is 1. The first kappa shape index (κ1) is 26.0. The summed E-state index contributed by atoms with van der Waals surface area (Å²) in [6.07, 6.45) is 7.94. The highest BCUT2D eigenvalue weighted by Crippen LogP contribution is 2.29. The first-order chi connectivity index (χ1) is 17.3. The Morgan fingerprint density at radius 2 is 1.92 bits per heavy atom. The standard InChI is InChI=1S/C24H31N5O6S/c1-16-9-10-18(20(30)15-29(16)36(33,34)22-8-4-5-12-25-22)27-23(31)19(14-17-6-2-3-7-17)28-24(32)21-11-13-26-35-21/h4-5,8,11-13,16-19H,2-3,6-7,9-10,14-15H2,1H3,(H,27,31)(H,28,32)/t16-,18+,19+/m1/s1. The van der Waals surface area contributed by atoms with E-state index in [1.807, 2.05) is 0 Å². The molecular weight excluding hydrogens is 486 g/mol. The van der Waals surface area contributed by atoms with Crippen molar-refractivity contribution < 1.29 is 27.3 Å². The number of rotatable bonds is 8. The molecule has 0 spiro atoms. The molecule has 1 aliphatic heterocycles. The Labute approximate surface area is 210 Å². The van der Waals surface area contributed by atoms with E-state index < -0.39 is 45.7 Å². The maximum Gasteiger partial charge on any atom is 0.290 e. The Bertz CT molecular complexity index is 1160. The van der Waals surface area contributed by atoms with Gasteiger partial charge in [0.25, 0.3) is 15.9 Å². The minimum atomic E-state index is -3.98. The third kappa shape index (κ3) is 5.98. The molecule has 36 heavy (non-hydrogen) atoms. The Morgan fingerprint density at radius 3 is 2.58 bits per heavy atom. The zero-order valence-corrected chi connectivity index (χ0v) is 20.9. The van der Waals surface area contributed by atoms with Gasteiger partial charge in [-0.2, -0.15) is 4.31 Å². The van der Waals surface area contributed by atoms with Gasteiger partial charge in [-0.3, -0.25) is 14.4 Å². The van der Waals surface area contributed by atoms with E-state index in [2.05, 4.69) is 20.8 Å². The number of carbonyl (C=O) groups is 3. The van der Waals surface area contributed by atoms with E-state index in [0.29, 0.717) is 18.8 Å². The molecular formula is C24H31N5O6S. The van der Waals surface area contributed by atoms with Crippen molar-refractivity contribution in [1.82, 2.24) is 25.1 Å². The van der Waals surface area contributed by atoms with E-state index in [0.717, 1.165) is 30.0 Å². The van der Waals surface area contributed by atoms with Gasteiger partial charge in [0.2, 0.25) is 11.7 Å². The van der Waals surface area contributed by atoms with Crippen molar-refractivity contribution >= 4 is 27.6 Å². The molecule has 2 fully saturated rings. The molecule has 1 saturated heterocycles. The fourth-order valence-corrected chi connectivity index (χ4v) is 6.43. The number of carbonyl (C=O) groups excluding carboxylic acids is 3. The summed E-state index contributed by atoms with van der Waals surface area (Å²) in [5.74, 6) is -1.15. The molecule has 0 radical (unpaired) electrons. The average Bonchev–Trinajstić information content (AvgIpc) is 3.57. The van der Waals surface area contributed by atoms with Crippen LogP contribution < -0.4 is 10.6 Å². The smallest absolute Gasteiger partial charge is 0.290 e. The highest BCUT2D eigenvalue weighted by Gasteiger charge is 2.38. The lowest BCUT2D eigenvalue weighted by Gasteiger charge is -2.25. The molecule has 12 heteroatoms. The molecule has 2 N–H and O–H groups in total. The summed E-state index contributed by atoms with van der Waals surface area (Å²) in [4.78, 5) is 42.9. The summed E-state index contributed by atoms with van der Waals surface area (Å²) in [6.45, 7) is 1.36. The summed E-state index contributed by atoms with van der Waals surface area (Å²) in [5.41, 5.74) is 0. The second-order valence-electron chi connectivity index (χ2n) is 9.46. The topological polar surface area (TPSA) is 152 Å². The number of hydrogen-bond acceptors (Lipinski definition) is 8. The summed E-state index contributed by atoms with van der Waals surface area (Å²) < 4.78 is 32.3. The van der Waals surface area contributed by atoms with E-state index in [-0.39, 0.29) is 23.8 Å². The Balaban J connectivity index is 1.46. The summed E-state index contributed by atoms with van der Waals surface area (Å²) in [7, 11) is -3.98. The van der Waals surface area contributed by atoms with Gasteiger partial charge < -0.3 is 15.2 Å². The third-order valence-electron chi connectivity index (χ3n) is 6.92. The van der Waals surface area contributed by atoms with Gasteiger partial charge in [-0.05, 0) is 44.2 Å². The average molecular weight is 518 g/mol. The molecule has 1 saturated carbocycles. The first-order valence-electron chi connectivity index (χ1n) is 12.2. The SMILES string of the molecule is C[C@@H]1CC[C@H](NC(=O)[C@H](CC2CCCC2)NC(=O)c2ccno2)C(=O)CN1S(=O)(=O)c1ccccn1. The number of nitrogens with zero attached hydrogens (tertiary/aromatic N) is 3. The number of pyridine rings is 1. The quantitative estimate of drug-likeness (QED) is 0.537. The lowest BCUT2D eigenvalue weighted by Crippen LogP contribution is -2.52. The minimum Gasteiger partial charge on any atom is -0.351 e. The van der Waals surface area contributed by atoms with Crippen molar-refractivity contribution in [1.29, 1.82) is 0 Å². The van der Waals surface area contributed by atoms with Crippen molar-refractivity contribution in [2.75, 3.05) is 6.54 Å². The van der Waals surface area contributed by atoms with Crippen LogP contribution >= 0.6 is 0 Å². The zero-order valence-electron chi connectivity index (χ0n) is 20.1. The van der Waals surface area contributed by atoms with Crippen LogP contribution in [-0.4, -0.2) is 65.1 Å². The molecule has 3 atom stereocenters. The molecule has 2 aliphatic rings. The lowest BCUT2D eigenvalue weighted by molar-refractivity contribution is -0.129. The molecule has 1 aliphatic carbocycles. The van der Waals surface area contributed by atoms with E-state index in [4.69, 9.17) is 4.52 Å². The number of Topliss-reactive ketones (excluding diaryl/α,β-unsaturated/α-hetero) is 1. The molecule has 2 amide bonds. The molecule has 2 aromatic heterocycles. The fraction of sp³-hybridized carbons (Fsp3) is 0.542. The molecule has 194 valence electrons. The first-order valence-corrected chi connectivity index (χ1v) is 13.7. The Kier molecular flexibility index (Phi) is 8.14. The van der Waals surface area contributed by atoms with Gasteiger partial charge in [0.15, 0.2) is 10.8 Å². The van der Waals surface area contributed by atoms with Crippen LogP contribution in [0.5, 0.6) is 0 Å². The van der Waals surface area contributed by atoms with Crippen molar-refractivity contribution in [2.45, 2.75) is 75.0 Å². The zero-order chi connectivity index (χ0) is 25.7. The van der Waals surface area contributed by atoms with Crippen LogP contribution in [0, 0.1) is 5.92 Å². The highest BCUT2D eigenvalue weighted by molar-refractivity contribution is 7.89. The van der Waals surface area contributed by atoms with Crippen molar-refractivity contribution in [3.8, 4) is 0 Å². The van der Waals surface area contributed by atoms with Crippen LogP contribution in [0.4, 0.5) is 0 Å². The molecule has 4 rings (SSSR count). The summed E-state index contributed by atoms with van der Waals surface area (Å²) in [5, 5.41) is 8.90. The number of hydrogen-bond donors (Lipinski definition) is 2. The monoisotopic (exact) mass is 517 g/mol. The van der Waals surface area contributed by atoms with Gasteiger partial charge in [-0.15, -0.1) is 0 Å². The lowest BCUT2D eigenvalue weighted by atomic mass is 9.97. The summed E-state index contributed by atoms with van der Waals surface area (Å²) >= 11 is 0. The second-order valence-corrected chi connectivity index (χ2v) is 11.3. The van der Waals surface area contributed by atoms with Crippen LogP contribution in [0.15, 0.2) is 46.2 Å². The number of amides is 2. The van der Waals surface area contributed by atoms with Gasteiger partial charge in [-0.1, -0.05) is 36.9 Å².